The molecule has 2 heterocycles. The third-order valence-corrected chi connectivity index (χ3v) is 6.09. The van der Waals surface area contributed by atoms with Crippen molar-refractivity contribution in [1.82, 2.24) is 14.9 Å². The van der Waals surface area contributed by atoms with E-state index in [0.29, 0.717) is 11.8 Å². The highest BCUT2D eigenvalue weighted by Gasteiger charge is 2.30. The topological polar surface area (TPSA) is 46.1 Å². The molecule has 0 spiro atoms. The number of nitrogens with zero attached hydrogens (tertiary/aromatic N) is 3. The Morgan fingerprint density at radius 1 is 1.00 bits per heavy atom. The quantitative estimate of drug-likeness (QED) is 0.791. The summed E-state index contributed by atoms with van der Waals surface area (Å²) in [6, 6.07) is 10.4. The van der Waals surface area contributed by atoms with Crippen LogP contribution in [0.25, 0.3) is 11.4 Å². The van der Waals surface area contributed by atoms with Crippen LogP contribution in [0.5, 0.6) is 0 Å². The number of hydrogen-bond acceptors (Lipinski definition) is 3. The SMILES string of the molecule is Cc1ccc(-c2nccc([C@H]3CCCN(C(=O)C4CCCCC4)C3)n2)cc1. The number of hydrogen-bond donors (Lipinski definition) is 0. The van der Waals surface area contributed by atoms with E-state index in [0.717, 1.165) is 55.9 Å². The number of piperidine rings is 1. The van der Waals surface area contributed by atoms with E-state index >= 15 is 0 Å². The molecule has 0 unspecified atom stereocenters. The van der Waals surface area contributed by atoms with Gasteiger partial charge in [-0.15, -0.1) is 0 Å². The van der Waals surface area contributed by atoms with Crippen molar-refractivity contribution < 1.29 is 4.79 Å². The van der Waals surface area contributed by atoms with Crippen molar-refractivity contribution in [3.05, 3.63) is 47.8 Å². The first-order valence-corrected chi connectivity index (χ1v) is 10.4. The van der Waals surface area contributed by atoms with E-state index in [9.17, 15) is 4.79 Å². The molecule has 2 aliphatic rings. The summed E-state index contributed by atoms with van der Waals surface area (Å²) in [7, 11) is 0. The fourth-order valence-electron chi connectivity index (χ4n) is 4.47. The molecule has 1 aliphatic heterocycles. The molecule has 4 nitrogen and oxygen atoms in total. The maximum Gasteiger partial charge on any atom is 0.225 e. The molecule has 0 N–H and O–H groups in total. The summed E-state index contributed by atoms with van der Waals surface area (Å²) in [5.41, 5.74) is 3.36. The summed E-state index contributed by atoms with van der Waals surface area (Å²) in [6.45, 7) is 3.79. The van der Waals surface area contributed by atoms with Gasteiger partial charge in [-0.2, -0.15) is 0 Å². The summed E-state index contributed by atoms with van der Waals surface area (Å²) in [6.07, 6.45) is 9.87. The number of aromatic nitrogens is 2. The van der Waals surface area contributed by atoms with Crippen LogP contribution in [0.15, 0.2) is 36.5 Å². The van der Waals surface area contributed by atoms with Crippen LogP contribution >= 0.6 is 0 Å². The molecule has 1 atom stereocenters. The molecule has 27 heavy (non-hydrogen) atoms. The van der Waals surface area contributed by atoms with Gasteiger partial charge in [0.2, 0.25) is 5.91 Å². The van der Waals surface area contributed by atoms with Crippen LogP contribution in [0.4, 0.5) is 0 Å². The van der Waals surface area contributed by atoms with Crippen LogP contribution in [0.1, 0.15) is 62.1 Å². The molecule has 142 valence electrons. The van der Waals surface area contributed by atoms with Gasteiger partial charge in [-0.25, -0.2) is 9.97 Å². The second-order valence-corrected chi connectivity index (χ2v) is 8.13. The lowest BCUT2D eigenvalue weighted by Crippen LogP contribution is -2.43. The molecule has 4 rings (SSSR count). The Hall–Kier alpha value is -2.23. The van der Waals surface area contributed by atoms with Gasteiger partial charge >= 0.3 is 0 Å². The predicted octanol–water partition coefficient (Wildman–Crippen LogP) is 4.74. The third-order valence-electron chi connectivity index (χ3n) is 6.09. The Morgan fingerprint density at radius 2 is 1.78 bits per heavy atom. The van der Waals surface area contributed by atoms with E-state index in [-0.39, 0.29) is 5.92 Å². The largest absolute Gasteiger partial charge is 0.342 e. The zero-order valence-electron chi connectivity index (χ0n) is 16.2. The lowest BCUT2D eigenvalue weighted by Gasteiger charge is -2.35. The Labute approximate surface area is 162 Å². The summed E-state index contributed by atoms with van der Waals surface area (Å²) in [5.74, 6) is 1.74. The van der Waals surface area contributed by atoms with E-state index in [2.05, 4.69) is 41.1 Å². The highest BCUT2D eigenvalue weighted by molar-refractivity contribution is 5.79. The van der Waals surface area contributed by atoms with E-state index in [4.69, 9.17) is 4.98 Å². The minimum Gasteiger partial charge on any atom is -0.342 e. The van der Waals surface area contributed by atoms with E-state index in [1.807, 2.05) is 12.3 Å². The first-order valence-electron chi connectivity index (χ1n) is 10.4. The van der Waals surface area contributed by atoms with Gasteiger partial charge in [0.1, 0.15) is 0 Å². The maximum atomic E-state index is 12.9. The fraction of sp³-hybridized carbons (Fsp3) is 0.522. The second kappa shape index (κ2) is 8.20. The molecular formula is C23H29N3O. The van der Waals surface area contributed by atoms with Crippen LogP contribution in [0.3, 0.4) is 0 Å². The minimum absolute atomic E-state index is 0.256. The Kier molecular flexibility index (Phi) is 5.51. The third kappa shape index (κ3) is 4.20. The van der Waals surface area contributed by atoms with Gasteiger partial charge in [0, 0.05) is 42.4 Å². The second-order valence-electron chi connectivity index (χ2n) is 8.13. The smallest absolute Gasteiger partial charge is 0.225 e. The van der Waals surface area contributed by atoms with Crippen LogP contribution in [-0.4, -0.2) is 33.9 Å². The number of benzene rings is 1. The molecule has 1 saturated heterocycles. The predicted molar refractivity (Wildman–Crippen MR) is 107 cm³/mol. The van der Waals surface area contributed by atoms with Gasteiger partial charge in [-0.05, 0) is 38.7 Å². The Bertz CT molecular complexity index is 780. The molecule has 2 aromatic rings. The highest BCUT2D eigenvalue weighted by atomic mass is 16.2. The number of likely N-dealkylation sites (tertiary alicyclic amines) is 1. The normalized spacial score (nSPS) is 21.2. The number of carbonyl (C=O) groups excluding carboxylic acids is 1. The van der Waals surface area contributed by atoms with Gasteiger partial charge in [-0.1, -0.05) is 49.1 Å². The number of amides is 1. The molecule has 0 radical (unpaired) electrons. The van der Waals surface area contributed by atoms with E-state index < -0.39 is 0 Å². The van der Waals surface area contributed by atoms with Gasteiger partial charge in [0.15, 0.2) is 5.82 Å². The maximum absolute atomic E-state index is 12.9. The zero-order chi connectivity index (χ0) is 18.6. The first kappa shape index (κ1) is 18.1. The number of rotatable bonds is 3. The monoisotopic (exact) mass is 363 g/mol. The fourth-order valence-corrected chi connectivity index (χ4v) is 4.47. The summed E-state index contributed by atoms with van der Waals surface area (Å²) < 4.78 is 0. The van der Waals surface area contributed by atoms with E-state index in [1.54, 1.807) is 0 Å². The summed E-state index contributed by atoms with van der Waals surface area (Å²) in [4.78, 5) is 24.4. The van der Waals surface area contributed by atoms with Crippen LogP contribution < -0.4 is 0 Å². The lowest BCUT2D eigenvalue weighted by molar-refractivity contribution is -0.137. The number of carbonyl (C=O) groups is 1. The van der Waals surface area contributed by atoms with Crippen molar-refractivity contribution in [3.63, 3.8) is 0 Å². The molecule has 1 saturated carbocycles. The average Bonchev–Trinajstić information content (AvgIpc) is 2.74. The molecule has 4 heteroatoms. The molecular weight excluding hydrogens is 334 g/mol. The van der Waals surface area contributed by atoms with Crippen molar-refractivity contribution in [3.8, 4) is 11.4 Å². The summed E-state index contributed by atoms with van der Waals surface area (Å²) >= 11 is 0. The highest BCUT2D eigenvalue weighted by Crippen LogP contribution is 2.31. The summed E-state index contributed by atoms with van der Waals surface area (Å²) in [5, 5.41) is 0. The molecule has 1 aliphatic carbocycles. The molecule has 2 fully saturated rings. The zero-order valence-corrected chi connectivity index (χ0v) is 16.2. The number of aryl methyl sites for hydroxylation is 1. The van der Waals surface area contributed by atoms with Gasteiger partial charge in [-0.3, -0.25) is 4.79 Å². The lowest BCUT2D eigenvalue weighted by atomic mass is 9.87. The average molecular weight is 364 g/mol. The van der Waals surface area contributed by atoms with Crippen LogP contribution in [-0.2, 0) is 4.79 Å². The molecule has 1 aromatic carbocycles. The minimum atomic E-state index is 0.256. The van der Waals surface area contributed by atoms with Crippen molar-refractivity contribution in [1.29, 1.82) is 0 Å². The van der Waals surface area contributed by atoms with Crippen molar-refractivity contribution in [2.24, 2.45) is 5.92 Å². The molecule has 1 aromatic heterocycles. The first-order chi connectivity index (χ1) is 13.2. The van der Waals surface area contributed by atoms with E-state index in [1.165, 1.54) is 24.8 Å². The van der Waals surface area contributed by atoms with Gasteiger partial charge < -0.3 is 4.90 Å². The standard InChI is InChI=1S/C23H29N3O/c1-17-9-11-18(12-10-17)22-24-14-13-21(25-22)20-8-5-15-26(16-20)23(27)19-6-3-2-4-7-19/h9-14,19-20H,2-8,15-16H2,1H3/t20-/m0/s1. The van der Waals surface area contributed by atoms with Crippen molar-refractivity contribution in [2.45, 2.75) is 57.8 Å². The van der Waals surface area contributed by atoms with Crippen LogP contribution in [0, 0.1) is 12.8 Å². The Balaban J connectivity index is 1.48. The molecule has 1 amide bonds. The van der Waals surface area contributed by atoms with Crippen molar-refractivity contribution in [2.75, 3.05) is 13.1 Å². The Morgan fingerprint density at radius 3 is 2.56 bits per heavy atom. The molecule has 0 bridgehead atoms. The van der Waals surface area contributed by atoms with Gasteiger partial charge in [0.25, 0.3) is 0 Å². The van der Waals surface area contributed by atoms with Gasteiger partial charge in [0.05, 0.1) is 0 Å². The van der Waals surface area contributed by atoms with Crippen LogP contribution in [0.2, 0.25) is 0 Å². The van der Waals surface area contributed by atoms with Crippen molar-refractivity contribution >= 4 is 5.91 Å².